The van der Waals surface area contributed by atoms with Crippen LogP contribution in [0.5, 0.6) is 0 Å². The highest BCUT2D eigenvalue weighted by molar-refractivity contribution is 6.30. The second-order valence-corrected chi connectivity index (χ2v) is 6.18. The van der Waals surface area contributed by atoms with Crippen molar-refractivity contribution < 1.29 is 5.11 Å². The fourth-order valence-corrected chi connectivity index (χ4v) is 2.61. The van der Waals surface area contributed by atoms with E-state index in [0.717, 1.165) is 18.5 Å². The van der Waals surface area contributed by atoms with E-state index in [0.29, 0.717) is 17.6 Å². The molecule has 0 aliphatic heterocycles. The van der Waals surface area contributed by atoms with Gasteiger partial charge in [0.15, 0.2) is 0 Å². The van der Waals surface area contributed by atoms with Gasteiger partial charge in [0.2, 0.25) is 0 Å². The third kappa shape index (κ3) is 4.84. The molecular formula is C19H24ClNO. The summed E-state index contributed by atoms with van der Waals surface area (Å²) in [6, 6.07) is 18.2. The number of aliphatic hydroxyl groups is 1. The number of benzene rings is 2. The Morgan fingerprint density at radius 3 is 2.27 bits per heavy atom. The minimum atomic E-state index is -0.505. The number of halogens is 1. The number of hydrogen-bond donors (Lipinski definition) is 1. The normalized spacial score (nSPS) is 14.0. The van der Waals surface area contributed by atoms with Gasteiger partial charge in [-0.2, -0.15) is 0 Å². The maximum atomic E-state index is 10.5. The molecule has 0 spiro atoms. The van der Waals surface area contributed by atoms with E-state index in [2.05, 4.69) is 43.0 Å². The van der Waals surface area contributed by atoms with Crippen molar-refractivity contribution in [2.24, 2.45) is 0 Å². The van der Waals surface area contributed by atoms with Crippen LogP contribution in [0.2, 0.25) is 5.02 Å². The molecule has 2 rings (SSSR count). The van der Waals surface area contributed by atoms with Gasteiger partial charge in [0.05, 0.1) is 6.10 Å². The second-order valence-electron chi connectivity index (χ2n) is 5.74. The van der Waals surface area contributed by atoms with Crippen LogP contribution in [0.4, 0.5) is 0 Å². The molecule has 0 aliphatic rings. The molecule has 2 aromatic carbocycles. The number of aliphatic hydroxyl groups excluding tert-OH is 1. The molecular weight excluding hydrogens is 294 g/mol. The van der Waals surface area contributed by atoms with E-state index in [9.17, 15) is 5.11 Å². The van der Waals surface area contributed by atoms with Crippen molar-refractivity contribution >= 4 is 11.6 Å². The van der Waals surface area contributed by atoms with Crippen LogP contribution >= 0.6 is 11.6 Å². The van der Waals surface area contributed by atoms with Crippen LogP contribution in [0.3, 0.4) is 0 Å². The van der Waals surface area contributed by atoms with Crippen LogP contribution in [0.25, 0.3) is 0 Å². The third-order valence-corrected chi connectivity index (χ3v) is 4.36. The second kappa shape index (κ2) is 8.33. The minimum Gasteiger partial charge on any atom is -0.387 e. The first-order valence-electron chi connectivity index (χ1n) is 7.81. The lowest BCUT2D eigenvalue weighted by molar-refractivity contribution is 0.0848. The van der Waals surface area contributed by atoms with Crippen molar-refractivity contribution in [3.8, 4) is 0 Å². The first-order chi connectivity index (χ1) is 10.6. The predicted octanol–water partition coefficient (Wildman–Crippen LogP) is 4.67. The van der Waals surface area contributed by atoms with Crippen LogP contribution in [0.15, 0.2) is 54.6 Å². The Bertz CT molecular complexity index is 555. The molecule has 22 heavy (non-hydrogen) atoms. The Hall–Kier alpha value is -1.35. The molecule has 3 heteroatoms. The minimum absolute atomic E-state index is 0.419. The van der Waals surface area contributed by atoms with Crippen molar-refractivity contribution in [2.75, 3.05) is 6.54 Å². The fourth-order valence-electron chi connectivity index (χ4n) is 2.49. The number of hydrogen-bond acceptors (Lipinski definition) is 2. The van der Waals surface area contributed by atoms with Crippen molar-refractivity contribution in [2.45, 2.75) is 39.0 Å². The Labute approximate surface area is 138 Å². The molecule has 0 saturated heterocycles. The van der Waals surface area contributed by atoms with Crippen LogP contribution in [-0.2, 0) is 6.54 Å². The monoisotopic (exact) mass is 317 g/mol. The summed E-state index contributed by atoms with van der Waals surface area (Å²) >= 11 is 5.91. The van der Waals surface area contributed by atoms with Crippen molar-refractivity contribution in [1.82, 2.24) is 4.90 Å². The van der Waals surface area contributed by atoms with Gasteiger partial charge >= 0.3 is 0 Å². The summed E-state index contributed by atoms with van der Waals surface area (Å²) in [5.41, 5.74) is 2.18. The Kier molecular flexibility index (Phi) is 6.44. The molecule has 2 aromatic rings. The van der Waals surface area contributed by atoms with E-state index < -0.39 is 6.10 Å². The number of rotatable bonds is 7. The quantitative estimate of drug-likeness (QED) is 0.802. The first-order valence-corrected chi connectivity index (χ1v) is 8.19. The molecule has 2 nitrogen and oxygen atoms in total. The molecule has 0 heterocycles. The lowest BCUT2D eigenvalue weighted by Gasteiger charge is -2.30. The molecule has 118 valence electrons. The van der Waals surface area contributed by atoms with Gasteiger partial charge in [-0.15, -0.1) is 0 Å². The molecule has 0 radical (unpaired) electrons. The van der Waals surface area contributed by atoms with E-state index >= 15 is 0 Å². The van der Waals surface area contributed by atoms with Gasteiger partial charge in [-0.3, -0.25) is 4.90 Å². The lowest BCUT2D eigenvalue weighted by Crippen LogP contribution is -2.35. The Morgan fingerprint density at radius 1 is 1.05 bits per heavy atom. The van der Waals surface area contributed by atoms with Gasteiger partial charge in [0.25, 0.3) is 0 Å². The van der Waals surface area contributed by atoms with Crippen molar-refractivity contribution in [1.29, 1.82) is 0 Å². The summed E-state index contributed by atoms with van der Waals surface area (Å²) in [7, 11) is 0. The van der Waals surface area contributed by atoms with E-state index in [-0.39, 0.29) is 0 Å². The molecule has 0 amide bonds. The molecule has 0 aromatic heterocycles. The summed E-state index contributed by atoms with van der Waals surface area (Å²) in [6.07, 6.45) is 0.551. The van der Waals surface area contributed by atoms with Crippen LogP contribution in [0.1, 0.15) is 37.5 Å². The third-order valence-electron chi connectivity index (χ3n) is 4.10. The van der Waals surface area contributed by atoms with E-state index in [1.54, 1.807) is 0 Å². The maximum absolute atomic E-state index is 10.5. The van der Waals surface area contributed by atoms with Gasteiger partial charge in [0, 0.05) is 24.2 Å². The molecule has 0 fully saturated rings. The van der Waals surface area contributed by atoms with Crippen molar-refractivity contribution in [3.63, 3.8) is 0 Å². The summed E-state index contributed by atoms with van der Waals surface area (Å²) in [4.78, 5) is 2.33. The first kappa shape index (κ1) is 17.0. The van der Waals surface area contributed by atoms with E-state index in [4.69, 9.17) is 11.6 Å². The zero-order valence-electron chi connectivity index (χ0n) is 13.2. The maximum Gasteiger partial charge on any atom is 0.0917 e. The molecule has 2 atom stereocenters. The summed E-state index contributed by atoms with van der Waals surface area (Å²) in [5.74, 6) is 0. The molecule has 0 aliphatic carbocycles. The van der Waals surface area contributed by atoms with Gasteiger partial charge in [-0.05, 0) is 36.6 Å². The van der Waals surface area contributed by atoms with E-state index in [1.165, 1.54) is 5.56 Å². The average Bonchev–Trinajstić information content (AvgIpc) is 2.55. The zero-order valence-corrected chi connectivity index (χ0v) is 14.0. The van der Waals surface area contributed by atoms with Gasteiger partial charge < -0.3 is 5.11 Å². The summed E-state index contributed by atoms with van der Waals surface area (Å²) in [5, 5.41) is 11.2. The lowest BCUT2D eigenvalue weighted by atomic mass is 10.1. The van der Waals surface area contributed by atoms with Gasteiger partial charge in [-0.1, -0.05) is 61.0 Å². The van der Waals surface area contributed by atoms with Crippen LogP contribution < -0.4 is 0 Å². The topological polar surface area (TPSA) is 23.5 Å². The SMILES string of the molecule is CCC(C)N(Cc1ccccc1)CC(O)c1ccc(Cl)cc1. The largest absolute Gasteiger partial charge is 0.387 e. The van der Waals surface area contributed by atoms with Gasteiger partial charge in [-0.25, -0.2) is 0 Å². The average molecular weight is 318 g/mol. The zero-order chi connectivity index (χ0) is 15.9. The fraction of sp³-hybridized carbons (Fsp3) is 0.368. The highest BCUT2D eigenvalue weighted by Gasteiger charge is 2.18. The highest BCUT2D eigenvalue weighted by atomic mass is 35.5. The smallest absolute Gasteiger partial charge is 0.0917 e. The van der Waals surface area contributed by atoms with Gasteiger partial charge in [0.1, 0.15) is 0 Å². The Balaban J connectivity index is 2.07. The standard InChI is InChI=1S/C19H24ClNO/c1-3-15(2)21(13-16-7-5-4-6-8-16)14-19(22)17-9-11-18(20)12-10-17/h4-12,15,19,22H,3,13-14H2,1-2H3. The summed E-state index contributed by atoms with van der Waals surface area (Å²) < 4.78 is 0. The van der Waals surface area contributed by atoms with Crippen LogP contribution in [0, 0.1) is 0 Å². The molecule has 0 saturated carbocycles. The van der Waals surface area contributed by atoms with E-state index in [1.807, 2.05) is 30.3 Å². The Morgan fingerprint density at radius 2 is 1.68 bits per heavy atom. The summed E-state index contributed by atoms with van der Waals surface area (Å²) in [6.45, 7) is 5.85. The predicted molar refractivity (Wildman–Crippen MR) is 93.0 cm³/mol. The molecule has 1 N–H and O–H groups in total. The highest BCUT2D eigenvalue weighted by Crippen LogP contribution is 2.20. The molecule has 0 bridgehead atoms. The van der Waals surface area contributed by atoms with Crippen LogP contribution in [-0.4, -0.2) is 22.6 Å². The van der Waals surface area contributed by atoms with Crippen molar-refractivity contribution in [3.05, 3.63) is 70.7 Å². The number of nitrogens with zero attached hydrogens (tertiary/aromatic N) is 1. The molecule has 2 unspecified atom stereocenters.